The third kappa shape index (κ3) is 6.31. The third-order valence-corrected chi connectivity index (χ3v) is 6.74. The number of nitrogens with zero attached hydrogens (tertiary/aromatic N) is 6. The number of nitrogens with one attached hydrogen (secondary N) is 1. The molecular weight excluding hydrogens is 547 g/mol. The van der Waals surface area contributed by atoms with Crippen molar-refractivity contribution in [2.24, 2.45) is 5.73 Å². The molecule has 198 valence electrons. The van der Waals surface area contributed by atoms with Crippen LogP contribution in [0.3, 0.4) is 0 Å². The van der Waals surface area contributed by atoms with Gasteiger partial charge >= 0.3 is 0 Å². The lowest BCUT2D eigenvalue weighted by atomic mass is 10.0. The monoisotopic (exact) mass is 572 g/mol. The molecule has 1 aliphatic rings. The van der Waals surface area contributed by atoms with Gasteiger partial charge in [0.05, 0.1) is 35.5 Å². The highest BCUT2D eigenvalue weighted by Crippen LogP contribution is 2.32. The zero-order chi connectivity index (χ0) is 25.8. The first-order valence-corrected chi connectivity index (χ1v) is 12.8. The van der Waals surface area contributed by atoms with Gasteiger partial charge < -0.3 is 5.73 Å². The van der Waals surface area contributed by atoms with Crippen LogP contribution in [-0.4, -0.2) is 49.0 Å². The van der Waals surface area contributed by atoms with Crippen LogP contribution in [0.2, 0.25) is 10.0 Å². The quantitative estimate of drug-likeness (QED) is 0.327. The van der Waals surface area contributed by atoms with Gasteiger partial charge in [0.15, 0.2) is 5.69 Å². The van der Waals surface area contributed by atoms with Gasteiger partial charge in [0.25, 0.3) is 5.91 Å². The molecule has 12 heteroatoms. The summed E-state index contributed by atoms with van der Waals surface area (Å²) in [5.41, 5.74) is 13.0. The molecule has 0 bridgehead atoms. The molecule has 3 heterocycles. The molecule has 0 unspecified atom stereocenters. The first kappa shape index (κ1) is 27.9. The van der Waals surface area contributed by atoms with E-state index >= 15 is 0 Å². The van der Waals surface area contributed by atoms with Crippen LogP contribution < -0.4 is 11.2 Å². The lowest BCUT2D eigenvalue weighted by Crippen LogP contribution is -2.45. The number of carbonyl (C=O) groups is 1. The van der Waals surface area contributed by atoms with Gasteiger partial charge in [-0.05, 0) is 37.1 Å². The van der Waals surface area contributed by atoms with Gasteiger partial charge in [-0.3, -0.25) is 10.2 Å². The number of benzene rings is 2. The van der Waals surface area contributed by atoms with Crippen molar-refractivity contribution < 1.29 is 4.79 Å². The average molecular weight is 574 g/mol. The Morgan fingerprint density at radius 3 is 2.05 bits per heavy atom. The second-order valence-electron chi connectivity index (χ2n) is 8.81. The second-order valence-corrected chi connectivity index (χ2v) is 9.68. The maximum absolute atomic E-state index is 13.6. The van der Waals surface area contributed by atoms with Crippen LogP contribution in [0.15, 0.2) is 54.7 Å². The third-order valence-electron chi connectivity index (χ3n) is 6.24. The minimum Gasteiger partial charge on any atom is -0.325 e. The normalized spacial score (nSPS) is 13.7. The van der Waals surface area contributed by atoms with Crippen molar-refractivity contribution in [1.29, 1.82) is 0 Å². The van der Waals surface area contributed by atoms with E-state index in [-0.39, 0.29) is 37.1 Å². The fourth-order valence-corrected chi connectivity index (χ4v) is 4.55. The largest absolute Gasteiger partial charge is 0.325 e. The van der Waals surface area contributed by atoms with Gasteiger partial charge in [0.1, 0.15) is 0 Å². The smallest absolute Gasteiger partial charge is 0.286 e. The SMILES string of the molecule is Cl.NCc1cnnn1Cc1nc(-c2ccc(Cl)cc2)c(-c2ccc(Cl)cc2)nc1C(=O)NN1CCCCC1. The summed E-state index contributed by atoms with van der Waals surface area (Å²) < 4.78 is 1.63. The van der Waals surface area contributed by atoms with Crippen LogP contribution in [-0.2, 0) is 13.1 Å². The first-order valence-electron chi connectivity index (χ1n) is 12.1. The molecule has 3 N–H and O–H groups in total. The van der Waals surface area contributed by atoms with E-state index in [9.17, 15) is 4.79 Å². The summed E-state index contributed by atoms with van der Waals surface area (Å²) in [4.78, 5) is 23.5. The average Bonchev–Trinajstić information content (AvgIpc) is 3.37. The van der Waals surface area contributed by atoms with E-state index in [1.807, 2.05) is 29.3 Å². The van der Waals surface area contributed by atoms with Crippen LogP contribution in [0.1, 0.15) is 41.1 Å². The molecular formula is C26H27Cl3N8O. The Hall–Kier alpha value is -3.08. The van der Waals surface area contributed by atoms with E-state index in [1.54, 1.807) is 35.1 Å². The molecule has 0 aliphatic carbocycles. The lowest BCUT2D eigenvalue weighted by molar-refractivity contribution is 0.0743. The van der Waals surface area contributed by atoms with Crippen molar-refractivity contribution in [2.45, 2.75) is 32.4 Å². The topological polar surface area (TPSA) is 115 Å². The summed E-state index contributed by atoms with van der Waals surface area (Å²) in [5, 5.41) is 11.3. The van der Waals surface area contributed by atoms with Gasteiger partial charge in [-0.1, -0.05) is 59.1 Å². The van der Waals surface area contributed by atoms with Crippen molar-refractivity contribution in [1.82, 2.24) is 35.4 Å². The van der Waals surface area contributed by atoms with Crippen LogP contribution >= 0.6 is 35.6 Å². The van der Waals surface area contributed by atoms with Crippen LogP contribution in [0.5, 0.6) is 0 Å². The number of carbonyl (C=O) groups excluding carboxylic acids is 1. The zero-order valence-electron chi connectivity index (χ0n) is 20.5. The molecule has 0 radical (unpaired) electrons. The molecule has 38 heavy (non-hydrogen) atoms. The fourth-order valence-electron chi connectivity index (χ4n) is 4.29. The van der Waals surface area contributed by atoms with Crippen molar-refractivity contribution in [3.63, 3.8) is 0 Å². The molecule has 9 nitrogen and oxygen atoms in total. The number of piperidine rings is 1. The minimum absolute atomic E-state index is 0. The van der Waals surface area contributed by atoms with Crippen LogP contribution in [0.4, 0.5) is 0 Å². The number of rotatable bonds is 7. The van der Waals surface area contributed by atoms with Crippen LogP contribution in [0, 0.1) is 0 Å². The molecule has 0 atom stereocenters. The number of hydrazine groups is 1. The fraction of sp³-hybridized carbons (Fsp3) is 0.269. The van der Waals surface area contributed by atoms with Crippen LogP contribution in [0.25, 0.3) is 22.5 Å². The summed E-state index contributed by atoms with van der Waals surface area (Å²) in [6.07, 6.45) is 4.82. The number of hydrogen-bond donors (Lipinski definition) is 2. The first-order chi connectivity index (χ1) is 18.0. The van der Waals surface area contributed by atoms with Gasteiger partial charge in [-0.15, -0.1) is 17.5 Å². The van der Waals surface area contributed by atoms with E-state index in [0.29, 0.717) is 27.1 Å². The minimum atomic E-state index is -0.323. The molecule has 0 saturated carbocycles. The maximum Gasteiger partial charge on any atom is 0.286 e. The molecule has 4 aromatic rings. The highest BCUT2D eigenvalue weighted by Gasteiger charge is 2.24. The Kier molecular flexibility index (Phi) is 9.30. The molecule has 5 rings (SSSR count). The summed E-state index contributed by atoms with van der Waals surface area (Å²) in [6.45, 7) is 2.02. The summed E-state index contributed by atoms with van der Waals surface area (Å²) in [5.74, 6) is -0.323. The number of halogens is 3. The highest BCUT2D eigenvalue weighted by atomic mass is 35.5. The summed E-state index contributed by atoms with van der Waals surface area (Å²) in [7, 11) is 0. The molecule has 1 amide bonds. The standard InChI is InChI=1S/C26H26Cl2N8O.ClH/c27-19-8-4-17(5-9-19)23-24(18-6-10-20(28)11-7-18)32-25(26(37)33-35-12-2-1-3-13-35)22(31-23)16-36-21(14-29)15-30-34-36;/h4-11,15H,1-3,12-14,16,29H2,(H,33,37);1H. The van der Waals surface area contributed by atoms with Gasteiger partial charge in [0.2, 0.25) is 0 Å². The van der Waals surface area contributed by atoms with Crippen molar-refractivity contribution in [3.8, 4) is 22.5 Å². The van der Waals surface area contributed by atoms with Crippen molar-refractivity contribution >= 4 is 41.5 Å². The number of aromatic nitrogens is 5. The predicted molar refractivity (Wildman–Crippen MR) is 150 cm³/mol. The Morgan fingerprint density at radius 1 is 0.895 bits per heavy atom. The van der Waals surface area contributed by atoms with Crippen molar-refractivity contribution in [3.05, 3.63) is 81.9 Å². The lowest BCUT2D eigenvalue weighted by Gasteiger charge is -2.27. The predicted octanol–water partition coefficient (Wildman–Crippen LogP) is 4.77. The number of nitrogens with two attached hydrogens (primary N) is 1. The molecule has 2 aromatic heterocycles. The zero-order valence-corrected chi connectivity index (χ0v) is 22.8. The Bertz CT molecular complexity index is 1390. The van der Waals surface area contributed by atoms with Gasteiger partial charge in [-0.25, -0.2) is 19.7 Å². The number of amides is 1. The molecule has 1 fully saturated rings. The second kappa shape index (κ2) is 12.6. The molecule has 0 spiro atoms. The maximum atomic E-state index is 13.6. The van der Waals surface area contributed by atoms with E-state index < -0.39 is 0 Å². The van der Waals surface area contributed by atoms with Gasteiger partial charge in [0, 0.05) is 40.8 Å². The van der Waals surface area contributed by atoms with Crippen molar-refractivity contribution in [2.75, 3.05) is 13.1 Å². The molecule has 1 saturated heterocycles. The van der Waals surface area contributed by atoms with Gasteiger partial charge in [-0.2, -0.15) is 0 Å². The number of hydrogen-bond acceptors (Lipinski definition) is 7. The summed E-state index contributed by atoms with van der Waals surface area (Å²) >= 11 is 12.3. The highest BCUT2D eigenvalue weighted by molar-refractivity contribution is 6.31. The Balaban J connectivity index is 0.00000336. The Labute approximate surface area is 236 Å². The van der Waals surface area contributed by atoms with E-state index in [1.165, 1.54) is 0 Å². The molecule has 1 aliphatic heterocycles. The summed E-state index contributed by atoms with van der Waals surface area (Å²) in [6, 6.07) is 14.6. The van der Waals surface area contributed by atoms with E-state index in [0.717, 1.165) is 49.2 Å². The van der Waals surface area contributed by atoms with E-state index in [4.69, 9.17) is 38.9 Å². The molecule has 2 aromatic carbocycles. The van der Waals surface area contributed by atoms with E-state index in [2.05, 4.69) is 15.7 Å². The Morgan fingerprint density at radius 2 is 1.47 bits per heavy atom.